The zero-order valence-corrected chi connectivity index (χ0v) is 12.8. The van der Waals surface area contributed by atoms with E-state index in [4.69, 9.17) is 11.6 Å². The van der Waals surface area contributed by atoms with E-state index < -0.39 is 0 Å². The highest BCUT2D eigenvalue weighted by atomic mass is 35.5. The van der Waals surface area contributed by atoms with Gasteiger partial charge < -0.3 is 4.57 Å². The van der Waals surface area contributed by atoms with Crippen LogP contribution in [0.2, 0.25) is 5.02 Å². The molecule has 0 amide bonds. The molecule has 0 aliphatic carbocycles. The smallest absolute Gasteiger partial charge is 0.174 e. The van der Waals surface area contributed by atoms with Gasteiger partial charge in [-0.2, -0.15) is 0 Å². The van der Waals surface area contributed by atoms with Crippen molar-refractivity contribution in [1.29, 1.82) is 0 Å². The minimum Gasteiger partial charge on any atom is -0.351 e. The number of hydrogen-bond acceptors (Lipinski definition) is 2. The van der Waals surface area contributed by atoms with Gasteiger partial charge in [-0.05, 0) is 38.1 Å². The van der Waals surface area contributed by atoms with E-state index in [1.807, 2.05) is 55.8 Å². The predicted molar refractivity (Wildman–Crippen MR) is 81.4 cm³/mol. The second-order valence-electron chi connectivity index (χ2n) is 4.51. The highest BCUT2D eigenvalue weighted by molar-refractivity contribution is 8.00. The molecule has 1 aromatic carbocycles. The molecule has 0 aliphatic heterocycles. The molecule has 1 heterocycles. The summed E-state index contributed by atoms with van der Waals surface area (Å²) in [5.74, 6) is 0.594. The van der Waals surface area contributed by atoms with E-state index in [9.17, 15) is 4.79 Å². The van der Waals surface area contributed by atoms with E-state index in [-0.39, 0.29) is 5.78 Å². The Morgan fingerprint density at radius 3 is 2.63 bits per heavy atom. The van der Waals surface area contributed by atoms with E-state index in [0.29, 0.717) is 10.8 Å². The number of aryl methyl sites for hydroxylation is 1. The van der Waals surface area contributed by atoms with Crippen molar-refractivity contribution >= 4 is 29.1 Å². The lowest BCUT2D eigenvalue weighted by molar-refractivity contribution is 0.102. The lowest BCUT2D eigenvalue weighted by Gasteiger charge is -2.03. The Hall–Kier alpha value is -1.19. The summed E-state index contributed by atoms with van der Waals surface area (Å²) in [6.45, 7) is 3.98. The molecule has 1 aromatic heterocycles. The van der Waals surface area contributed by atoms with Crippen molar-refractivity contribution in [3.8, 4) is 0 Å². The summed E-state index contributed by atoms with van der Waals surface area (Å²) in [6, 6.07) is 9.52. The van der Waals surface area contributed by atoms with Crippen molar-refractivity contribution in [3.63, 3.8) is 0 Å². The number of aromatic nitrogens is 1. The Morgan fingerprint density at radius 1 is 1.32 bits per heavy atom. The standard InChI is InChI=1S/C15H16ClNOS/c1-10-7-14(11(2)17(10)3)15(18)9-19-13-6-4-5-12(16)8-13/h4-8H,9H2,1-3H3. The number of benzene rings is 1. The van der Waals surface area contributed by atoms with Gasteiger partial charge in [0.15, 0.2) is 5.78 Å². The molecule has 0 unspecified atom stereocenters. The molecule has 0 atom stereocenters. The number of nitrogens with zero attached hydrogens (tertiary/aromatic N) is 1. The van der Waals surface area contributed by atoms with Crippen LogP contribution in [0.5, 0.6) is 0 Å². The summed E-state index contributed by atoms with van der Waals surface area (Å²) in [7, 11) is 1.98. The molecule has 2 nitrogen and oxygen atoms in total. The first-order valence-electron chi connectivity index (χ1n) is 6.03. The maximum atomic E-state index is 12.2. The Morgan fingerprint density at radius 2 is 2.05 bits per heavy atom. The topological polar surface area (TPSA) is 22.0 Å². The van der Waals surface area contributed by atoms with Gasteiger partial charge >= 0.3 is 0 Å². The molecule has 0 fully saturated rings. The summed E-state index contributed by atoms with van der Waals surface area (Å²) in [4.78, 5) is 13.2. The van der Waals surface area contributed by atoms with Crippen molar-refractivity contribution in [1.82, 2.24) is 4.57 Å². The first-order chi connectivity index (χ1) is 8.99. The van der Waals surface area contributed by atoms with Gasteiger partial charge in [-0.15, -0.1) is 11.8 Å². The third-order valence-electron chi connectivity index (χ3n) is 3.24. The van der Waals surface area contributed by atoms with E-state index in [1.165, 1.54) is 11.8 Å². The van der Waals surface area contributed by atoms with E-state index >= 15 is 0 Å². The van der Waals surface area contributed by atoms with Crippen molar-refractivity contribution in [3.05, 3.63) is 52.3 Å². The molecular formula is C15H16ClNOS. The van der Waals surface area contributed by atoms with Gasteiger partial charge in [0.05, 0.1) is 5.75 Å². The lowest BCUT2D eigenvalue weighted by atomic mass is 10.2. The van der Waals surface area contributed by atoms with Gasteiger partial charge in [-0.3, -0.25) is 4.79 Å². The van der Waals surface area contributed by atoms with Crippen molar-refractivity contribution < 1.29 is 4.79 Å². The Kier molecular flexibility index (Phi) is 4.38. The number of carbonyl (C=O) groups is 1. The summed E-state index contributed by atoms with van der Waals surface area (Å²) >= 11 is 7.44. The summed E-state index contributed by atoms with van der Waals surface area (Å²) in [5.41, 5.74) is 2.94. The van der Waals surface area contributed by atoms with Crippen LogP contribution in [0.15, 0.2) is 35.2 Å². The molecule has 0 N–H and O–H groups in total. The molecule has 2 aromatic rings. The fourth-order valence-corrected chi connectivity index (χ4v) is 3.01. The monoisotopic (exact) mass is 293 g/mol. The third kappa shape index (κ3) is 3.23. The maximum Gasteiger partial charge on any atom is 0.174 e. The average Bonchev–Trinajstić information content (AvgIpc) is 2.64. The maximum absolute atomic E-state index is 12.2. The third-order valence-corrected chi connectivity index (χ3v) is 4.47. The van der Waals surface area contributed by atoms with E-state index in [2.05, 4.69) is 0 Å². The number of ketones is 1. The van der Waals surface area contributed by atoms with Crippen LogP contribution in [0.3, 0.4) is 0 Å². The normalized spacial score (nSPS) is 10.7. The van der Waals surface area contributed by atoms with Gasteiger partial charge in [0.2, 0.25) is 0 Å². The highest BCUT2D eigenvalue weighted by Crippen LogP contribution is 2.23. The number of thioether (sulfide) groups is 1. The second kappa shape index (κ2) is 5.85. The van der Waals surface area contributed by atoms with Crippen LogP contribution >= 0.6 is 23.4 Å². The van der Waals surface area contributed by atoms with Gasteiger partial charge in [-0.25, -0.2) is 0 Å². The van der Waals surface area contributed by atoms with Crippen molar-refractivity contribution in [2.24, 2.45) is 7.05 Å². The number of Topliss-reactive ketones (excluding diaryl/α,β-unsaturated/α-hetero) is 1. The number of rotatable bonds is 4. The molecule has 4 heteroatoms. The van der Waals surface area contributed by atoms with Crippen LogP contribution in [0, 0.1) is 13.8 Å². The van der Waals surface area contributed by atoms with E-state index in [0.717, 1.165) is 21.8 Å². The number of hydrogen-bond donors (Lipinski definition) is 0. The zero-order valence-electron chi connectivity index (χ0n) is 11.2. The van der Waals surface area contributed by atoms with Crippen molar-refractivity contribution in [2.75, 3.05) is 5.75 Å². The molecule has 0 aliphatic rings. The first-order valence-corrected chi connectivity index (χ1v) is 7.40. The zero-order chi connectivity index (χ0) is 14.0. The molecule has 19 heavy (non-hydrogen) atoms. The van der Waals surface area contributed by atoms with Crippen LogP contribution in [0.25, 0.3) is 0 Å². The minimum atomic E-state index is 0.158. The van der Waals surface area contributed by atoms with Crippen LogP contribution in [0.1, 0.15) is 21.7 Å². The fraction of sp³-hybridized carbons (Fsp3) is 0.267. The molecule has 0 saturated heterocycles. The summed E-state index contributed by atoms with van der Waals surface area (Å²) in [5, 5.41) is 0.698. The Bertz CT molecular complexity index is 619. The van der Waals surface area contributed by atoms with Crippen LogP contribution < -0.4 is 0 Å². The summed E-state index contributed by atoms with van der Waals surface area (Å²) in [6.07, 6.45) is 0. The number of halogens is 1. The Balaban J connectivity index is 2.07. The second-order valence-corrected chi connectivity index (χ2v) is 6.00. The summed E-state index contributed by atoms with van der Waals surface area (Å²) < 4.78 is 2.04. The Labute approximate surface area is 122 Å². The quantitative estimate of drug-likeness (QED) is 0.620. The molecule has 2 rings (SSSR count). The van der Waals surface area contributed by atoms with Crippen LogP contribution in [-0.4, -0.2) is 16.1 Å². The average molecular weight is 294 g/mol. The van der Waals surface area contributed by atoms with Crippen molar-refractivity contribution in [2.45, 2.75) is 18.7 Å². The number of carbonyl (C=O) groups excluding carboxylic acids is 1. The van der Waals surface area contributed by atoms with E-state index in [1.54, 1.807) is 0 Å². The molecular weight excluding hydrogens is 278 g/mol. The van der Waals surface area contributed by atoms with Gasteiger partial charge in [-0.1, -0.05) is 17.7 Å². The first kappa shape index (κ1) is 14.2. The lowest BCUT2D eigenvalue weighted by Crippen LogP contribution is -2.04. The SMILES string of the molecule is Cc1cc(C(=O)CSc2cccc(Cl)c2)c(C)n1C. The molecule has 0 saturated carbocycles. The predicted octanol–water partition coefficient (Wildman–Crippen LogP) is 4.27. The van der Waals surface area contributed by atoms with Crippen LogP contribution in [-0.2, 0) is 7.05 Å². The van der Waals surface area contributed by atoms with Gasteiger partial charge in [0.25, 0.3) is 0 Å². The highest BCUT2D eigenvalue weighted by Gasteiger charge is 2.14. The fourth-order valence-electron chi connectivity index (χ4n) is 1.92. The molecule has 100 valence electrons. The molecule has 0 spiro atoms. The molecule has 0 radical (unpaired) electrons. The molecule has 0 bridgehead atoms. The van der Waals surface area contributed by atoms with Gasteiger partial charge in [0, 0.05) is 33.9 Å². The van der Waals surface area contributed by atoms with Gasteiger partial charge in [0.1, 0.15) is 0 Å². The van der Waals surface area contributed by atoms with Crippen LogP contribution in [0.4, 0.5) is 0 Å². The largest absolute Gasteiger partial charge is 0.351 e. The minimum absolute atomic E-state index is 0.158.